The summed E-state index contributed by atoms with van der Waals surface area (Å²) >= 11 is 0. The van der Waals surface area contributed by atoms with Crippen LogP contribution in [-0.2, 0) is 24.7 Å². The summed E-state index contributed by atoms with van der Waals surface area (Å²) in [6.07, 6.45) is -23.4. The third kappa shape index (κ3) is 6.52. The van der Waals surface area contributed by atoms with E-state index in [4.69, 9.17) is 0 Å². The Morgan fingerprint density at radius 2 is 0.596 bits per heavy atom. The smallest absolute Gasteiger partial charge is 0.236 e. The maximum atomic E-state index is 13.8. The Labute approximate surface area is 279 Å². The lowest BCUT2D eigenvalue weighted by Crippen LogP contribution is -2.26. The van der Waals surface area contributed by atoms with Gasteiger partial charge in [0.25, 0.3) is 0 Å². The molecule has 0 aliphatic rings. The Morgan fingerprint density at radius 3 is 0.750 bits per heavy atom. The minimum atomic E-state index is -5.85. The van der Waals surface area contributed by atoms with Crippen LogP contribution in [0.5, 0.6) is 0 Å². The summed E-state index contributed by atoms with van der Waals surface area (Å²) in [6, 6.07) is 8.94. The minimum absolute atomic E-state index is 0.377. The van der Waals surface area contributed by atoms with Gasteiger partial charge in [0.2, 0.25) is 0 Å². The number of aromatic nitrogens is 2. The molecule has 0 fully saturated rings. The predicted octanol–water partition coefficient (Wildman–Crippen LogP) is 5.23. The highest BCUT2D eigenvalue weighted by atomic mass is 19.4. The molecule has 0 bridgehead atoms. The zero-order chi connectivity index (χ0) is 39.7. The SMILES string of the molecule is N#C/C(c1c(C#N)c(C(F)(F)F)nc(C(F)(F)F)c1C#N)=c1/cc/c(=C(/C#N)c2c(C#N)c(C(F)(F)F)nc(C(F)(F)F)c2C#N)c(C#N)c1C#N. The summed E-state index contributed by atoms with van der Waals surface area (Å²) in [5.41, 5.74) is -26.6. The third-order valence-corrected chi connectivity index (χ3v) is 6.61. The predicted molar refractivity (Wildman–Crippen MR) is 139 cm³/mol. The van der Waals surface area contributed by atoms with Gasteiger partial charge in [-0.15, -0.1) is 0 Å². The molecule has 22 heteroatoms. The topological polar surface area (TPSA) is 216 Å². The van der Waals surface area contributed by atoms with E-state index >= 15 is 0 Å². The first-order chi connectivity index (χ1) is 24.0. The molecule has 0 saturated heterocycles. The van der Waals surface area contributed by atoms with Crippen molar-refractivity contribution in [2.75, 3.05) is 0 Å². The molecule has 0 spiro atoms. The molecule has 10 nitrogen and oxygen atoms in total. The molecule has 1 aromatic carbocycles. The summed E-state index contributed by atoms with van der Waals surface area (Å²) in [6.45, 7) is 0. The molecule has 0 atom stereocenters. The van der Waals surface area contributed by atoms with Crippen LogP contribution in [0.25, 0.3) is 11.1 Å². The molecule has 2 heterocycles. The van der Waals surface area contributed by atoms with E-state index < -0.39 is 114 Å². The molecular formula is C30H2F12N10. The molecule has 0 aliphatic carbocycles. The Kier molecular flexibility index (Phi) is 9.94. The van der Waals surface area contributed by atoms with Gasteiger partial charge in [-0.1, -0.05) is 12.1 Å². The number of halogens is 12. The molecular weight excluding hydrogens is 728 g/mol. The zero-order valence-electron chi connectivity index (χ0n) is 24.2. The molecule has 256 valence electrons. The summed E-state index contributed by atoms with van der Waals surface area (Å²) in [7, 11) is 0. The fourth-order valence-electron chi connectivity index (χ4n) is 4.68. The van der Waals surface area contributed by atoms with E-state index in [1.165, 1.54) is 12.1 Å². The summed E-state index contributed by atoms with van der Waals surface area (Å²) in [5, 5.41) is 75.8. The molecule has 0 N–H and O–H groups in total. The maximum Gasteiger partial charge on any atom is 0.434 e. The van der Waals surface area contributed by atoms with E-state index in [2.05, 4.69) is 9.97 Å². The normalized spacial score (nSPS) is 12.7. The number of pyridine rings is 2. The average Bonchev–Trinajstić information content (AvgIpc) is 3.05. The van der Waals surface area contributed by atoms with Crippen molar-refractivity contribution in [3.05, 3.63) is 89.9 Å². The van der Waals surface area contributed by atoms with Crippen LogP contribution in [0.2, 0.25) is 0 Å². The second-order valence-electron chi connectivity index (χ2n) is 9.41. The lowest BCUT2D eigenvalue weighted by molar-refractivity contribution is -0.151. The van der Waals surface area contributed by atoms with Gasteiger partial charge in [0.15, 0.2) is 22.8 Å². The van der Waals surface area contributed by atoms with Crippen molar-refractivity contribution < 1.29 is 52.7 Å². The highest BCUT2D eigenvalue weighted by Crippen LogP contribution is 2.42. The van der Waals surface area contributed by atoms with Crippen molar-refractivity contribution in [1.82, 2.24) is 9.97 Å². The lowest BCUT2D eigenvalue weighted by Gasteiger charge is -2.18. The van der Waals surface area contributed by atoms with Crippen LogP contribution in [0, 0.1) is 90.6 Å². The average molecular weight is 730 g/mol. The van der Waals surface area contributed by atoms with Crippen LogP contribution in [0.1, 0.15) is 67.3 Å². The van der Waals surface area contributed by atoms with Crippen molar-refractivity contribution in [2.45, 2.75) is 24.7 Å². The number of hydrogen-bond acceptors (Lipinski definition) is 10. The van der Waals surface area contributed by atoms with Gasteiger partial charge in [-0.05, 0) is 0 Å². The van der Waals surface area contributed by atoms with E-state index in [1.54, 1.807) is 0 Å². The van der Waals surface area contributed by atoms with Crippen molar-refractivity contribution in [2.24, 2.45) is 0 Å². The van der Waals surface area contributed by atoms with Gasteiger partial charge in [-0.2, -0.15) is 94.8 Å². The fraction of sp³-hybridized carbons (Fsp3) is 0.133. The molecule has 52 heavy (non-hydrogen) atoms. The minimum Gasteiger partial charge on any atom is -0.236 e. The molecule has 0 radical (unpaired) electrons. The van der Waals surface area contributed by atoms with E-state index in [0.29, 0.717) is 12.1 Å². The Bertz CT molecular complexity index is 2280. The molecule has 3 aromatic rings. The number of nitrogens with zero attached hydrogens (tertiary/aromatic N) is 10. The number of benzene rings is 1. The quantitative estimate of drug-likeness (QED) is 0.313. The summed E-state index contributed by atoms with van der Waals surface area (Å²) < 4.78 is 166. The standard InChI is InChI=1S/C30H2F12N10/c31-27(32,33)23-17(7-47)21(18(8-48)24(51-23)28(34,35)36)15(5-45)11-1-2-12(14(4-44)13(11)3-43)16(6-46)22-19(9-49)25(29(37,38)39)52-26(20(22)10-50)30(40,41)42/h1-2H/b15-11+,16-12+. The van der Waals surface area contributed by atoms with Gasteiger partial charge in [-0.25, -0.2) is 9.97 Å². The Hall–Kier alpha value is -7.66. The van der Waals surface area contributed by atoms with Crippen molar-refractivity contribution >= 4 is 11.1 Å². The second kappa shape index (κ2) is 13.3. The van der Waals surface area contributed by atoms with Crippen LogP contribution < -0.4 is 10.4 Å². The Morgan fingerprint density at radius 1 is 0.385 bits per heavy atom. The largest absolute Gasteiger partial charge is 0.434 e. The monoisotopic (exact) mass is 730 g/mol. The second-order valence-corrected chi connectivity index (χ2v) is 9.41. The van der Waals surface area contributed by atoms with Crippen LogP contribution >= 0.6 is 0 Å². The van der Waals surface area contributed by atoms with Gasteiger partial charge < -0.3 is 0 Å². The summed E-state index contributed by atoms with van der Waals surface area (Å²) in [4.78, 5) is 4.75. The van der Waals surface area contributed by atoms with Crippen molar-refractivity contribution in [1.29, 1.82) is 42.1 Å². The van der Waals surface area contributed by atoms with Gasteiger partial charge in [0, 0.05) is 21.6 Å². The number of rotatable bonds is 2. The number of hydrogen-bond donors (Lipinski definition) is 0. The highest BCUT2D eigenvalue weighted by molar-refractivity contribution is 5.88. The first kappa shape index (κ1) is 38.8. The molecule has 0 aliphatic heterocycles. The number of nitriles is 8. The van der Waals surface area contributed by atoms with E-state index in [9.17, 15) is 94.8 Å². The van der Waals surface area contributed by atoms with Gasteiger partial charge in [0.05, 0.1) is 44.5 Å². The van der Waals surface area contributed by atoms with Crippen LogP contribution in [0.3, 0.4) is 0 Å². The van der Waals surface area contributed by atoms with E-state index in [0.717, 1.165) is 36.4 Å². The molecule has 2 aromatic heterocycles. The molecule has 0 unspecified atom stereocenters. The fourth-order valence-corrected chi connectivity index (χ4v) is 4.68. The number of alkyl halides is 12. The third-order valence-electron chi connectivity index (χ3n) is 6.61. The lowest BCUT2D eigenvalue weighted by atomic mass is 9.87. The molecule has 3 rings (SSSR count). The van der Waals surface area contributed by atoms with Crippen molar-refractivity contribution in [3.8, 4) is 48.6 Å². The van der Waals surface area contributed by atoms with Crippen LogP contribution in [0.4, 0.5) is 52.7 Å². The van der Waals surface area contributed by atoms with Crippen LogP contribution in [-0.4, -0.2) is 9.97 Å². The highest BCUT2D eigenvalue weighted by Gasteiger charge is 2.47. The first-order valence-corrected chi connectivity index (χ1v) is 12.6. The molecule has 0 saturated carbocycles. The zero-order valence-corrected chi connectivity index (χ0v) is 24.2. The maximum absolute atomic E-state index is 13.8. The van der Waals surface area contributed by atoms with Crippen molar-refractivity contribution in [3.63, 3.8) is 0 Å². The van der Waals surface area contributed by atoms with Crippen LogP contribution in [0.15, 0.2) is 12.1 Å². The van der Waals surface area contributed by atoms with E-state index in [-0.39, 0.29) is 0 Å². The van der Waals surface area contributed by atoms with Gasteiger partial charge >= 0.3 is 24.7 Å². The van der Waals surface area contributed by atoms with Gasteiger partial charge in [0.1, 0.15) is 48.6 Å². The van der Waals surface area contributed by atoms with Gasteiger partial charge in [-0.3, -0.25) is 0 Å². The molecule has 0 amide bonds. The first-order valence-electron chi connectivity index (χ1n) is 12.6. The Balaban J connectivity index is 2.88. The summed E-state index contributed by atoms with van der Waals surface area (Å²) in [5.74, 6) is 0. The van der Waals surface area contributed by atoms with E-state index in [1.807, 2.05) is 0 Å².